The molecular weight excluding hydrogens is 605 g/mol. The van der Waals surface area contributed by atoms with Crippen molar-refractivity contribution in [2.24, 2.45) is 0 Å². The van der Waals surface area contributed by atoms with E-state index in [2.05, 4.69) is 17.1 Å². The van der Waals surface area contributed by atoms with Crippen LogP contribution in [0.15, 0.2) is 74.7 Å². The molecule has 4 aromatic rings. The van der Waals surface area contributed by atoms with Crippen LogP contribution in [0.5, 0.6) is 11.5 Å². The van der Waals surface area contributed by atoms with Crippen molar-refractivity contribution in [3.63, 3.8) is 0 Å². The Bertz CT molecular complexity index is 1680. The summed E-state index contributed by atoms with van der Waals surface area (Å²) in [6, 6.07) is 13.7. The van der Waals surface area contributed by atoms with Gasteiger partial charge in [0, 0.05) is 5.75 Å². The highest BCUT2D eigenvalue weighted by Crippen LogP contribution is 2.45. The highest BCUT2D eigenvalue weighted by atomic mass is 32.2. The molecule has 1 unspecified atom stereocenters. The Morgan fingerprint density at radius 3 is 2.64 bits per heavy atom. The molecule has 0 saturated carbocycles. The third-order valence-corrected chi connectivity index (χ3v) is 9.02. The van der Waals surface area contributed by atoms with E-state index in [-0.39, 0.29) is 22.3 Å². The molecule has 0 spiro atoms. The third kappa shape index (κ3) is 6.66. The quantitative estimate of drug-likeness (QED) is 0.0645. The molecule has 44 heavy (non-hydrogen) atoms. The number of furan rings is 1. The summed E-state index contributed by atoms with van der Waals surface area (Å²) in [4.78, 5) is 28.6. The lowest BCUT2D eigenvalue weighted by atomic mass is 9.95. The first-order valence-corrected chi connectivity index (χ1v) is 16.1. The number of unbranched alkanes of at least 4 members (excludes halogenated alkanes) is 2. The van der Waals surface area contributed by atoms with Gasteiger partial charge in [-0.25, -0.2) is 4.39 Å². The Hall–Kier alpha value is -4.16. The number of hydrogen-bond donors (Lipinski definition) is 1. The van der Waals surface area contributed by atoms with Crippen molar-refractivity contribution in [1.29, 1.82) is 0 Å². The average molecular weight is 638 g/mol. The molecule has 0 aliphatic carbocycles. The summed E-state index contributed by atoms with van der Waals surface area (Å²) in [5.41, 5.74) is 0.846. The van der Waals surface area contributed by atoms with E-state index < -0.39 is 23.5 Å². The molecule has 2 aromatic carbocycles. The van der Waals surface area contributed by atoms with Crippen LogP contribution >= 0.6 is 23.1 Å². The van der Waals surface area contributed by atoms with Crippen LogP contribution in [0, 0.1) is 12.7 Å². The van der Waals surface area contributed by atoms with Crippen LogP contribution in [0.1, 0.15) is 66.6 Å². The molecule has 2 aromatic heterocycles. The van der Waals surface area contributed by atoms with Crippen LogP contribution < -0.4 is 14.4 Å². The fourth-order valence-electron chi connectivity index (χ4n) is 4.77. The summed E-state index contributed by atoms with van der Waals surface area (Å²) in [6.45, 7) is 6.54. The first-order valence-electron chi connectivity index (χ1n) is 14.3. The van der Waals surface area contributed by atoms with Gasteiger partial charge in [-0.1, -0.05) is 67.1 Å². The number of thioether (sulfide) groups is 1. The van der Waals surface area contributed by atoms with Crippen molar-refractivity contribution < 1.29 is 33.0 Å². The number of aromatic nitrogens is 2. The summed E-state index contributed by atoms with van der Waals surface area (Å²) in [5, 5.41) is 19.7. The maximum Gasteiger partial charge on any atom is 0.296 e. The zero-order valence-corrected chi connectivity index (χ0v) is 26.2. The van der Waals surface area contributed by atoms with Crippen LogP contribution in [0.2, 0.25) is 0 Å². The number of aryl methyl sites for hydroxylation is 1. The van der Waals surface area contributed by atoms with Crippen LogP contribution in [0.3, 0.4) is 0 Å². The van der Waals surface area contributed by atoms with Crippen LogP contribution in [0.4, 0.5) is 9.52 Å². The summed E-state index contributed by atoms with van der Waals surface area (Å²) >= 11 is 2.37. The van der Waals surface area contributed by atoms with E-state index in [0.29, 0.717) is 51.7 Å². The van der Waals surface area contributed by atoms with Gasteiger partial charge >= 0.3 is 0 Å². The Balaban J connectivity index is 1.51. The van der Waals surface area contributed by atoms with Crippen molar-refractivity contribution >= 4 is 39.9 Å². The molecule has 1 aliphatic heterocycles. The molecule has 0 fully saturated rings. The lowest BCUT2D eigenvalue weighted by Crippen LogP contribution is -2.31. The normalized spacial score (nSPS) is 14.9. The van der Waals surface area contributed by atoms with Gasteiger partial charge in [-0.15, -0.1) is 10.2 Å². The molecule has 12 heteroatoms. The van der Waals surface area contributed by atoms with Gasteiger partial charge in [-0.3, -0.25) is 14.5 Å². The number of halogens is 1. The molecule has 1 aliphatic rings. The van der Waals surface area contributed by atoms with Gasteiger partial charge in [-0.2, -0.15) is 0 Å². The second kappa shape index (κ2) is 14.1. The number of aliphatic hydroxyl groups is 1. The molecule has 1 amide bonds. The monoisotopic (exact) mass is 637 g/mol. The molecule has 3 heterocycles. The van der Waals surface area contributed by atoms with E-state index in [0.717, 1.165) is 30.6 Å². The standard InChI is InChI=1S/C32H32FN3O6S2/c1-4-6-9-16-41-23-15-13-20(17-25(23)40-5-2)27-26(28(37)24-14-12-19(3)42-24)29(38)30(39)36(27)31-34-35-32(44-31)43-18-21-10-7-8-11-22(21)33/h7-8,10-15,17,27,38H,4-6,9,16,18H2,1-3H3. The van der Waals surface area contributed by atoms with E-state index in [4.69, 9.17) is 13.9 Å². The molecular formula is C32H32FN3O6S2. The van der Waals surface area contributed by atoms with Crippen molar-refractivity contribution in [3.05, 3.63) is 94.4 Å². The van der Waals surface area contributed by atoms with Crippen LogP contribution in [-0.2, 0) is 10.5 Å². The first-order chi connectivity index (χ1) is 21.3. The topological polar surface area (TPSA) is 115 Å². The number of carbonyl (C=O) groups is 2. The number of Topliss-reactive ketones (excluding diaryl/α,β-unsaturated/α-hetero) is 1. The number of ketones is 1. The zero-order chi connectivity index (χ0) is 31.2. The van der Waals surface area contributed by atoms with Crippen molar-refractivity contribution in [1.82, 2.24) is 10.2 Å². The Morgan fingerprint density at radius 1 is 1.09 bits per heavy atom. The van der Waals surface area contributed by atoms with Gasteiger partial charge in [0.05, 0.1) is 24.8 Å². The largest absolute Gasteiger partial charge is 0.503 e. The zero-order valence-electron chi connectivity index (χ0n) is 24.5. The Kier molecular flexibility index (Phi) is 10.0. The van der Waals surface area contributed by atoms with Gasteiger partial charge in [0.2, 0.25) is 10.9 Å². The summed E-state index contributed by atoms with van der Waals surface area (Å²) < 4.78 is 32.1. The molecule has 0 saturated heterocycles. The maximum atomic E-state index is 14.2. The molecule has 9 nitrogen and oxygen atoms in total. The Morgan fingerprint density at radius 2 is 1.91 bits per heavy atom. The lowest BCUT2D eigenvalue weighted by Gasteiger charge is -2.25. The number of benzene rings is 2. The number of rotatable bonds is 14. The van der Waals surface area contributed by atoms with Gasteiger partial charge in [-0.05, 0) is 61.7 Å². The minimum atomic E-state index is -1.06. The van der Waals surface area contributed by atoms with Crippen LogP contribution in [-0.4, -0.2) is 40.2 Å². The lowest BCUT2D eigenvalue weighted by molar-refractivity contribution is -0.117. The highest BCUT2D eigenvalue weighted by Gasteiger charge is 2.47. The Labute approximate surface area is 262 Å². The minimum Gasteiger partial charge on any atom is -0.503 e. The smallest absolute Gasteiger partial charge is 0.296 e. The number of ether oxygens (including phenoxy) is 2. The van der Waals surface area contributed by atoms with Gasteiger partial charge in [0.25, 0.3) is 5.91 Å². The van der Waals surface area contributed by atoms with E-state index in [1.807, 2.05) is 6.92 Å². The number of nitrogens with zero attached hydrogens (tertiary/aromatic N) is 3. The minimum absolute atomic E-state index is 0.0111. The molecule has 0 radical (unpaired) electrons. The summed E-state index contributed by atoms with van der Waals surface area (Å²) in [6.07, 6.45) is 2.98. The second-order valence-corrected chi connectivity index (χ2v) is 12.2. The number of aliphatic hydroxyl groups excluding tert-OH is 1. The summed E-state index contributed by atoms with van der Waals surface area (Å²) in [7, 11) is 0. The fourth-order valence-corrected chi connectivity index (χ4v) is 6.62. The number of anilines is 1. The van der Waals surface area contributed by atoms with Crippen molar-refractivity contribution in [2.75, 3.05) is 18.1 Å². The van der Waals surface area contributed by atoms with E-state index in [9.17, 15) is 19.1 Å². The van der Waals surface area contributed by atoms with Crippen molar-refractivity contribution in [3.8, 4) is 11.5 Å². The van der Waals surface area contributed by atoms with Gasteiger partial charge < -0.3 is 19.0 Å². The number of hydrogen-bond acceptors (Lipinski definition) is 10. The number of amides is 1. The number of carbonyl (C=O) groups excluding carboxylic acids is 2. The third-order valence-electron chi connectivity index (χ3n) is 6.92. The molecule has 0 bridgehead atoms. The SMILES string of the molecule is CCCCCOc1ccc(C2C(C(=O)c3ccc(C)o3)=C(O)C(=O)N2c2nnc(SCc3ccccc3F)s2)cc1OCC. The predicted octanol–water partition coefficient (Wildman–Crippen LogP) is 7.62. The highest BCUT2D eigenvalue weighted by molar-refractivity contribution is 8.00. The van der Waals surface area contributed by atoms with E-state index in [1.165, 1.54) is 28.8 Å². The van der Waals surface area contributed by atoms with Gasteiger partial charge in [0.15, 0.2) is 27.4 Å². The van der Waals surface area contributed by atoms with E-state index in [1.54, 1.807) is 49.4 Å². The molecule has 230 valence electrons. The predicted molar refractivity (Wildman–Crippen MR) is 166 cm³/mol. The average Bonchev–Trinajstić information content (AvgIpc) is 3.73. The van der Waals surface area contributed by atoms with Crippen molar-refractivity contribution in [2.45, 2.75) is 56.2 Å². The first kappa shape index (κ1) is 31.3. The van der Waals surface area contributed by atoms with Crippen LogP contribution in [0.25, 0.3) is 0 Å². The summed E-state index contributed by atoms with van der Waals surface area (Å²) in [5.74, 6) is -0.684. The van der Waals surface area contributed by atoms with Gasteiger partial charge in [0.1, 0.15) is 11.6 Å². The fraction of sp³-hybridized carbons (Fsp3) is 0.312. The maximum absolute atomic E-state index is 14.2. The molecule has 5 rings (SSSR count). The molecule has 1 atom stereocenters. The van der Waals surface area contributed by atoms with E-state index >= 15 is 0 Å². The second-order valence-electron chi connectivity index (χ2n) is 10.0. The molecule has 1 N–H and O–H groups in total.